The molecule has 3 nitrogen and oxygen atoms in total. The molecule has 2 saturated carbocycles. The van der Waals surface area contributed by atoms with Crippen LogP contribution < -0.4 is 0 Å². The largest absolute Gasteiger partial charge is 0.481 e. The van der Waals surface area contributed by atoms with Crippen molar-refractivity contribution in [1.82, 2.24) is 0 Å². The molecular weight excluding hydrogens is 408 g/mol. The molecule has 4 aliphatic rings. The second-order valence-corrected chi connectivity index (χ2v) is 11.7. The molecule has 2 saturated heterocycles. The summed E-state index contributed by atoms with van der Waals surface area (Å²) in [4.78, 5) is 10.7. The zero-order chi connectivity index (χ0) is 23.0. The first-order chi connectivity index (χ1) is 16.1. The summed E-state index contributed by atoms with van der Waals surface area (Å²) < 4.78 is 6.32. The van der Waals surface area contributed by atoms with Crippen molar-refractivity contribution in [2.75, 3.05) is 0 Å². The Hall–Kier alpha value is -1.09. The number of hydrogen-bond donors (Lipinski definition) is 1. The second-order valence-electron chi connectivity index (χ2n) is 11.7. The van der Waals surface area contributed by atoms with E-state index in [1.165, 1.54) is 77.0 Å². The molecule has 2 aliphatic carbocycles. The van der Waals surface area contributed by atoms with E-state index in [1.54, 1.807) is 0 Å². The van der Waals surface area contributed by atoms with E-state index in [1.807, 2.05) is 0 Å². The van der Waals surface area contributed by atoms with Crippen LogP contribution in [0, 0.1) is 35.5 Å². The van der Waals surface area contributed by atoms with Crippen LogP contribution in [0.25, 0.3) is 0 Å². The van der Waals surface area contributed by atoms with Crippen molar-refractivity contribution in [3.05, 3.63) is 24.3 Å². The Morgan fingerprint density at radius 2 is 1.70 bits per heavy atom. The first-order valence-corrected chi connectivity index (χ1v) is 14.3. The minimum absolute atomic E-state index is 0.272. The Labute approximate surface area is 202 Å². The Balaban J connectivity index is 1.29. The molecule has 4 fully saturated rings. The molecule has 0 aromatic rings. The van der Waals surface area contributed by atoms with Gasteiger partial charge in [-0.1, -0.05) is 76.2 Å². The van der Waals surface area contributed by atoms with Crippen LogP contribution in [0.4, 0.5) is 0 Å². The standard InChI is InChI=1S/C30H48O3/c1-22(24-15-10-9-14-23-13-5-4-7-16-25(23)24)12-11-18-27-26(28-20-21-29(27)33-28)17-6-2-3-8-19-30(31)32/h2,6,11,18,22-29H,3-5,7-10,12-17,19-21H2,1H3,(H,31,32). The van der Waals surface area contributed by atoms with Gasteiger partial charge in [0.05, 0.1) is 12.2 Å². The highest BCUT2D eigenvalue weighted by Crippen LogP contribution is 2.47. The van der Waals surface area contributed by atoms with E-state index in [2.05, 4.69) is 31.2 Å². The first-order valence-electron chi connectivity index (χ1n) is 14.3. The highest BCUT2D eigenvalue weighted by molar-refractivity contribution is 5.66. The summed E-state index contributed by atoms with van der Waals surface area (Å²) in [6.07, 6.45) is 30.3. The van der Waals surface area contributed by atoms with Crippen LogP contribution in [0.2, 0.25) is 0 Å². The van der Waals surface area contributed by atoms with Gasteiger partial charge in [0.2, 0.25) is 0 Å². The zero-order valence-electron chi connectivity index (χ0n) is 21.0. The van der Waals surface area contributed by atoms with Crippen LogP contribution in [-0.2, 0) is 9.53 Å². The second kappa shape index (κ2) is 12.6. The minimum atomic E-state index is -0.692. The van der Waals surface area contributed by atoms with Crippen molar-refractivity contribution in [2.24, 2.45) is 35.5 Å². The summed E-state index contributed by atoms with van der Waals surface area (Å²) in [6, 6.07) is 0. The van der Waals surface area contributed by atoms with Crippen molar-refractivity contribution in [1.29, 1.82) is 0 Å². The van der Waals surface area contributed by atoms with E-state index in [4.69, 9.17) is 9.84 Å². The monoisotopic (exact) mass is 456 g/mol. The molecule has 2 bridgehead atoms. The van der Waals surface area contributed by atoms with E-state index in [-0.39, 0.29) is 6.42 Å². The number of unbranched alkanes of at least 4 members (excludes halogenated alkanes) is 1. The molecule has 0 aromatic heterocycles. The molecule has 0 spiro atoms. The molecule has 8 unspecified atom stereocenters. The maximum atomic E-state index is 10.7. The van der Waals surface area contributed by atoms with E-state index in [9.17, 15) is 4.79 Å². The fourth-order valence-corrected chi connectivity index (χ4v) is 7.80. The lowest BCUT2D eigenvalue weighted by Crippen LogP contribution is -2.26. The van der Waals surface area contributed by atoms with Crippen LogP contribution in [0.15, 0.2) is 24.3 Å². The maximum Gasteiger partial charge on any atom is 0.303 e. The summed E-state index contributed by atoms with van der Waals surface area (Å²) in [5, 5.41) is 8.79. The summed E-state index contributed by atoms with van der Waals surface area (Å²) in [7, 11) is 0. The normalized spacial score (nSPS) is 37.8. The fraction of sp³-hybridized carbons (Fsp3) is 0.833. The van der Waals surface area contributed by atoms with Crippen molar-refractivity contribution in [3.63, 3.8) is 0 Å². The van der Waals surface area contributed by atoms with Crippen LogP contribution in [0.3, 0.4) is 0 Å². The smallest absolute Gasteiger partial charge is 0.303 e. The molecule has 2 heterocycles. The highest BCUT2D eigenvalue weighted by Gasteiger charge is 2.46. The number of rotatable bonds is 10. The molecule has 33 heavy (non-hydrogen) atoms. The van der Waals surface area contributed by atoms with Gasteiger partial charge >= 0.3 is 5.97 Å². The molecule has 0 radical (unpaired) electrons. The summed E-state index contributed by atoms with van der Waals surface area (Å²) in [5.41, 5.74) is 0. The third-order valence-corrected chi connectivity index (χ3v) is 9.55. The molecule has 4 rings (SSSR count). The van der Waals surface area contributed by atoms with Gasteiger partial charge in [-0.2, -0.15) is 0 Å². The molecular formula is C30H48O3. The number of fused-ring (bicyclic) bond motifs is 3. The molecule has 2 aliphatic heterocycles. The van der Waals surface area contributed by atoms with Crippen LogP contribution in [-0.4, -0.2) is 23.3 Å². The average Bonchev–Trinajstić information content (AvgIpc) is 3.23. The maximum absolute atomic E-state index is 10.7. The van der Waals surface area contributed by atoms with Gasteiger partial charge in [0.1, 0.15) is 0 Å². The lowest BCUT2D eigenvalue weighted by Gasteiger charge is -2.34. The first kappa shape index (κ1) is 25.0. The molecule has 1 N–H and O–H groups in total. The predicted octanol–water partition coefficient (Wildman–Crippen LogP) is 7.95. The number of ether oxygens (including phenoxy) is 1. The van der Waals surface area contributed by atoms with Crippen LogP contribution in [0.5, 0.6) is 0 Å². The van der Waals surface area contributed by atoms with Gasteiger partial charge in [-0.05, 0) is 81.0 Å². The Morgan fingerprint density at radius 3 is 2.55 bits per heavy atom. The van der Waals surface area contributed by atoms with Crippen molar-refractivity contribution >= 4 is 5.97 Å². The van der Waals surface area contributed by atoms with Gasteiger partial charge in [0, 0.05) is 12.3 Å². The van der Waals surface area contributed by atoms with Gasteiger partial charge in [-0.25, -0.2) is 0 Å². The summed E-state index contributed by atoms with van der Waals surface area (Å²) >= 11 is 0. The lowest BCUT2D eigenvalue weighted by molar-refractivity contribution is -0.137. The van der Waals surface area contributed by atoms with E-state index in [0.717, 1.165) is 42.9 Å². The van der Waals surface area contributed by atoms with E-state index in [0.29, 0.717) is 24.0 Å². The zero-order valence-corrected chi connectivity index (χ0v) is 21.0. The van der Waals surface area contributed by atoms with Gasteiger partial charge in [0.25, 0.3) is 0 Å². The Bertz CT molecular complexity index is 665. The number of allylic oxidation sites excluding steroid dienone is 3. The van der Waals surface area contributed by atoms with Gasteiger partial charge in [0.15, 0.2) is 0 Å². The van der Waals surface area contributed by atoms with Crippen molar-refractivity contribution in [2.45, 2.75) is 122 Å². The summed E-state index contributed by atoms with van der Waals surface area (Å²) in [6.45, 7) is 2.54. The van der Waals surface area contributed by atoms with Crippen molar-refractivity contribution < 1.29 is 14.6 Å². The molecule has 8 atom stereocenters. The Morgan fingerprint density at radius 1 is 0.939 bits per heavy atom. The van der Waals surface area contributed by atoms with E-state index >= 15 is 0 Å². The number of carboxylic acid groups (broad SMARTS) is 1. The predicted molar refractivity (Wildman–Crippen MR) is 135 cm³/mol. The van der Waals surface area contributed by atoms with Crippen molar-refractivity contribution in [3.8, 4) is 0 Å². The number of aliphatic carboxylic acids is 1. The molecule has 186 valence electrons. The quantitative estimate of drug-likeness (QED) is 0.268. The third kappa shape index (κ3) is 6.74. The average molecular weight is 457 g/mol. The van der Waals surface area contributed by atoms with Gasteiger partial charge in [-0.3, -0.25) is 4.79 Å². The number of hydrogen-bond acceptors (Lipinski definition) is 2. The topological polar surface area (TPSA) is 46.5 Å². The number of carbonyl (C=O) groups is 1. The number of carboxylic acids is 1. The fourth-order valence-electron chi connectivity index (χ4n) is 7.80. The Kier molecular flexibility index (Phi) is 9.53. The van der Waals surface area contributed by atoms with Crippen LogP contribution >= 0.6 is 0 Å². The summed E-state index contributed by atoms with van der Waals surface area (Å²) in [5.74, 6) is 4.22. The highest BCUT2D eigenvalue weighted by atomic mass is 16.5. The molecule has 3 heteroatoms. The molecule has 0 amide bonds. The molecule has 0 aromatic carbocycles. The SMILES string of the molecule is CC(CC=CC1C2CCC(O2)C1CC=CCCCC(=O)O)C1CCCCC2CCCCCC21. The lowest BCUT2D eigenvalue weighted by atomic mass is 9.71. The van der Waals surface area contributed by atoms with E-state index < -0.39 is 5.97 Å². The van der Waals surface area contributed by atoms with Gasteiger partial charge in [-0.15, -0.1) is 0 Å². The van der Waals surface area contributed by atoms with Crippen LogP contribution in [0.1, 0.15) is 110 Å². The van der Waals surface area contributed by atoms with Gasteiger partial charge < -0.3 is 9.84 Å². The third-order valence-electron chi connectivity index (χ3n) is 9.55. The minimum Gasteiger partial charge on any atom is -0.481 e.